The van der Waals surface area contributed by atoms with E-state index in [-0.39, 0.29) is 23.7 Å². The van der Waals surface area contributed by atoms with Crippen molar-refractivity contribution in [2.45, 2.75) is 91.5 Å². The van der Waals surface area contributed by atoms with Gasteiger partial charge in [-0.1, -0.05) is 37.6 Å². The van der Waals surface area contributed by atoms with Crippen LogP contribution in [0.4, 0.5) is 9.59 Å². The molecule has 3 amide bonds. The van der Waals surface area contributed by atoms with Gasteiger partial charge in [0, 0.05) is 26.2 Å². The maximum atomic E-state index is 13.8. The van der Waals surface area contributed by atoms with Gasteiger partial charge in [-0.25, -0.2) is 14.3 Å². The minimum atomic E-state index is -0.688. The Morgan fingerprint density at radius 3 is 2.07 bits per heavy atom. The van der Waals surface area contributed by atoms with Gasteiger partial charge in [-0.3, -0.25) is 4.79 Å². The zero-order chi connectivity index (χ0) is 31.2. The van der Waals surface area contributed by atoms with Crippen LogP contribution in [0, 0.1) is 5.92 Å². The van der Waals surface area contributed by atoms with Crippen molar-refractivity contribution in [3.63, 3.8) is 0 Å². The molecule has 232 valence electrons. The fraction of sp³-hybridized carbons (Fsp3) is 0.633. The molecule has 1 aromatic heterocycles. The number of aromatic hydroxyl groups is 1. The molecule has 2 unspecified atom stereocenters. The number of phenols is 1. The second kappa shape index (κ2) is 13.4. The lowest BCUT2D eigenvalue weighted by Crippen LogP contribution is -2.53. The third kappa shape index (κ3) is 9.35. The highest BCUT2D eigenvalue weighted by Gasteiger charge is 2.35. The van der Waals surface area contributed by atoms with Crippen LogP contribution >= 0.6 is 0 Å². The fourth-order valence-electron chi connectivity index (χ4n) is 4.60. The summed E-state index contributed by atoms with van der Waals surface area (Å²) in [4.78, 5) is 42.4. The molecule has 2 N–H and O–H groups in total. The third-order valence-corrected chi connectivity index (χ3v) is 6.92. The number of hydrogen-bond acceptors (Lipinski definition) is 8. The van der Waals surface area contributed by atoms with E-state index in [1.807, 2.05) is 34.6 Å². The molecule has 0 spiro atoms. The first-order chi connectivity index (χ1) is 19.6. The first kappa shape index (κ1) is 32.7. The van der Waals surface area contributed by atoms with Gasteiger partial charge in [0.05, 0.1) is 12.2 Å². The zero-order valence-corrected chi connectivity index (χ0v) is 26.1. The minimum Gasteiger partial charge on any atom is -0.508 e. The topological polar surface area (TPSA) is 139 Å². The molecular weight excluding hydrogens is 540 g/mol. The molecule has 2 heterocycles. The number of alkyl carbamates (subject to hydrolysis) is 1. The van der Waals surface area contributed by atoms with Crippen LogP contribution in [0.3, 0.4) is 0 Å². The lowest BCUT2D eigenvalue weighted by atomic mass is 9.97. The molecule has 0 radical (unpaired) electrons. The molecule has 1 aromatic carbocycles. The minimum absolute atomic E-state index is 0.0506. The van der Waals surface area contributed by atoms with Crippen LogP contribution in [0.15, 0.2) is 30.5 Å². The molecule has 3 rings (SSSR count). The highest BCUT2D eigenvalue weighted by Crippen LogP contribution is 2.26. The number of ether oxygens (including phenoxy) is 2. The Morgan fingerprint density at radius 2 is 1.52 bits per heavy atom. The number of aromatic nitrogens is 3. The van der Waals surface area contributed by atoms with Gasteiger partial charge < -0.3 is 29.7 Å². The van der Waals surface area contributed by atoms with Crippen LogP contribution in [-0.4, -0.2) is 85.4 Å². The quantitative estimate of drug-likeness (QED) is 0.462. The van der Waals surface area contributed by atoms with E-state index in [0.717, 1.165) is 12.0 Å². The van der Waals surface area contributed by atoms with Crippen molar-refractivity contribution in [2.75, 3.05) is 26.2 Å². The number of rotatable bonds is 8. The second-order valence-corrected chi connectivity index (χ2v) is 12.8. The maximum absolute atomic E-state index is 13.8. The lowest BCUT2D eigenvalue weighted by molar-refractivity contribution is -0.138. The van der Waals surface area contributed by atoms with Gasteiger partial charge in [0.25, 0.3) is 0 Å². The Labute approximate surface area is 248 Å². The number of nitrogens with zero attached hydrogens (tertiary/aromatic N) is 5. The van der Waals surface area contributed by atoms with E-state index in [0.29, 0.717) is 38.3 Å². The fourth-order valence-corrected chi connectivity index (χ4v) is 4.60. The summed E-state index contributed by atoms with van der Waals surface area (Å²) < 4.78 is 12.5. The first-order valence-electron chi connectivity index (χ1n) is 14.5. The van der Waals surface area contributed by atoms with Crippen molar-refractivity contribution in [3.05, 3.63) is 41.7 Å². The number of amides is 3. The second-order valence-electron chi connectivity index (χ2n) is 12.8. The molecule has 2 aromatic rings. The Morgan fingerprint density at radius 1 is 0.952 bits per heavy atom. The van der Waals surface area contributed by atoms with Crippen molar-refractivity contribution in [2.24, 2.45) is 5.92 Å². The van der Waals surface area contributed by atoms with Gasteiger partial charge >= 0.3 is 12.2 Å². The highest BCUT2D eigenvalue weighted by molar-refractivity contribution is 5.81. The zero-order valence-electron chi connectivity index (χ0n) is 26.1. The van der Waals surface area contributed by atoms with Gasteiger partial charge in [0.15, 0.2) is 0 Å². The average molecular weight is 587 g/mol. The third-order valence-electron chi connectivity index (χ3n) is 6.92. The van der Waals surface area contributed by atoms with E-state index in [1.165, 1.54) is 0 Å². The van der Waals surface area contributed by atoms with Crippen LogP contribution in [0.1, 0.15) is 85.2 Å². The van der Waals surface area contributed by atoms with Crippen LogP contribution in [0.2, 0.25) is 0 Å². The van der Waals surface area contributed by atoms with E-state index in [4.69, 9.17) is 9.47 Å². The Hall–Kier alpha value is -3.83. The molecule has 0 bridgehead atoms. The summed E-state index contributed by atoms with van der Waals surface area (Å²) in [6.45, 7) is 16.4. The smallest absolute Gasteiger partial charge is 0.410 e. The van der Waals surface area contributed by atoms with Crippen LogP contribution < -0.4 is 5.32 Å². The van der Waals surface area contributed by atoms with Crippen molar-refractivity contribution >= 4 is 18.1 Å². The van der Waals surface area contributed by atoms with Crippen LogP contribution in [0.5, 0.6) is 5.75 Å². The van der Waals surface area contributed by atoms with Crippen molar-refractivity contribution < 1.29 is 29.0 Å². The summed E-state index contributed by atoms with van der Waals surface area (Å²) in [7, 11) is 0. The number of nitrogens with one attached hydrogen (secondary N) is 1. The number of hydrogen-bond donors (Lipinski definition) is 2. The van der Waals surface area contributed by atoms with E-state index in [9.17, 15) is 19.5 Å². The van der Waals surface area contributed by atoms with E-state index in [2.05, 4.69) is 15.6 Å². The monoisotopic (exact) mass is 586 g/mol. The highest BCUT2D eigenvalue weighted by atomic mass is 16.6. The summed E-state index contributed by atoms with van der Waals surface area (Å²) in [5.41, 5.74) is 0.0621. The summed E-state index contributed by atoms with van der Waals surface area (Å²) in [6.07, 6.45) is 1.82. The Kier molecular flexibility index (Phi) is 10.5. The number of carbonyl (C=O) groups is 3. The molecule has 1 fully saturated rings. The molecule has 0 saturated carbocycles. The lowest BCUT2D eigenvalue weighted by Gasteiger charge is -2.37. The molecule has 1 aliphatic heterocycles. The van der Waals surface area contributed by atoms with Gasteiger partial charge in [-0.15, -0.1) is 5.10 Å². The number of phenolic OH excluding ortho intramolecular Hbond substituents is 1. The summed E-state index contributed by atoms with van der Waals surface area (Å²) in [5, 5.41) is 21.3. The van der Waals surface area contributed by atoms with Gasteiger partial charge in [0.1, 0.15) is 28.7 Å². The molecule has 42 heavy (non-hydrogen) atoms. The Balaban J connectivity index is 1.80. The molecule has 12 heteroatoms. The van der Waals surface area contributed by atoms with Crippen LogP contribution in [-0.2, 0) is 20.7 Å². The predicted octanol–water partition coefficient (Wildman–Crippen LogP) is 4.46. The van der Waals surface area contributed by atoms with E-state index in [1.54, 1.807) is 65.7 Å². The predicted molar refractivity (Wildman–Crippen MR) is 157 cm³/mol. The van der Waals surface area contributed by atoms with E-state index < -0.39 is 29.4 Å². The SMILES string of the molecule is CC[C@H](C)C(C(=O)N1CCN(C(=O)OC(C)(C)C)CC1)n1cc(C(Cc2ccc(O)cc2)NC(=O)OC(C)(C)C)nn1. The van der Waals surface area contributed by atoms with Crippen LogP contribution in [0.25, 0.3) is 0 Å². The normalized spacial score (nSPS) is 16.4. The number of benzene rings is 1. The van der Waals surface area contributed by atoms with E-state index >= 15 is 0 Å². The molecule has 0 aliphatic carbocycles. The average Bonchev–Trinajstić information content (AvgIpc) is 3.37. The summed E-state index contributed by atoms with van der Waals surface area (Å²) in [6, 6.07) is 5.49. The number of piperazine rings is 1. The molecule has 1 saturated heterocycles. The van der Waals surface area contributed by atoms with Gasteiger partial charge in [-0.05, 0) is 71.6 Å². The summed E-state index contributed by atoms with van der Waals surface area (Å²) in [5.74, 6) is -0.00620. The van der Waals surface area contributed by atoms with Gasteiger partial charge in [-0.2, -0.15) is 0 Å². The molecular formula is C30H46N6O6. The van der Waals surface area contributed by atoms with Crippen molar-refractivity contribution in [3.8, 4) is 5.75 Å². The van der Waals surface area contributed by atoms with Gasteiger partial charge in [0.2, 0.25) is 5.91 Å². The first-order valence-corrected chi connectivity index (χ1v) is 14.5. The Bertz CT molecular complexity index is 1210. The largest absolute Gasteiger partial charge is 0.508 e. The molecule has 12 nitrogen and oxygen atoms in total. The number of carbonyl (C=O) groups excluding carboxylic acids is 3. The molecule has 3 atom stereocenters. The van der Waals surface area contributed by atoms with Crippen molar-refractivity contribution in [1.82, 2.24) is 30.1 Å². The molecule has 1 aliphatic rings. The maximum Gasteiger partial charge on any atom is 0.410 e. The standard InChI is InChI=1S/C30H46N6O6/c1-9-20(2)25(26(38)34-14-16-35(17-15-34)28(40)42-30(6,7)8)36-19-24(32-33-36)23(31-27(39)41-29(3,4)5)18-21-10-12-22(37)13-11-21/h10-13,19-20,23,25,37H,9,14-18H2,1-8H3,(H,31,39)/t20-,23?,25?/m0/s1. The summed E-state index contributed by atoms with van der Waals surface area (Å²) >= 11 is 0. The van der Waals surface area contributed by atoms with Crippen molar-refractivity contribution in [1.29, 1.82) is 0 Å².